The van der Waals surface area contributed by atoms with E-state index in [1.165, 1.54) is 16.8 Å². The van der Waals surface area contributed by atoms with Gasteiger partial charge in [0.05, 0.1) is 0 Å². The Hall–Kier alpha value is -1.75. The first-order chi connectivity index (χ1) is 9.74. The third kappa shape index (κ3) is 2.72. The fraction of sp³-hybridized carbons (Fsp3) is 0.533. The van der Waals surface area contributed by atoms with Gasteiger partial charge < -0.3 is 20.7 Å². The Bertz CT molecular complexity index is 498. The number of ether oxygens (including phenoxy) is 1. The number of benzene rings is 1. The van der Waals surface area contributed by atoms with E-state index in [9.17, 15) is 4.79 Å². The van der Waals surface area contributed by atoms with Gasteiger partial charge in [0.15, 0.2) is 0 Å². The molecule has 1 amide bonds. The van der Waals surface area contributed by atoms with E-state index in [4.69, 9.17) is 10.5 Å². The summed E-state index contributed by atoms with van der Waals surface area (Å²) in [6, 6.07) is 6.49. The number of hydrogen-bond donors (Lipinski definition) is 2. The monoisotopic (exact) mass is 275 g/mol. The Balaban J connectivity index is 1.84. The minimum absolute atomic E-state index is 0.0796. The van der Waals surface area contributed by atoms with Gasteiger partial charge in [-0.15, -0.1) is 0 Å². The van der Waals surface area contributed by atoms with Crippen molar-refractivity contribution in [1.29, 1.82) is 0 Å². The summed E-state index contributed by atoms with van der Waals surface area (Å²) in [5.74, 6) is 0. The molecule has 108 valence electrons. The minimum atomic E-state index is -0.668. The smallest absolute Gasteiger partial charge is 0.404 e. The quantitative estimate of drug-likeness (QED) is 0.846. The molecule has 2 aliphatic rings. The summed E-state index contributed by atoms with van der Waals surface area (Å²) in [5, 5.41) is 3.37. The van der Waals surface area contributed by atoms with Crippen molar-refractivity contribution in [3.63, 3.8) is 0 Å². The molecule has 0 spiro atoms. The van der Waals surface area contributed by atoms with Crippen LogP contribution in [0.3, 0.4) is 0 Å². The number of nitrogens with zero attached hydrogens (tertiary/aromatic N) is 1. The van der Waals surface area contributed by atoms with E-state index in [1.807, 2.05) is 0 Å². The summed E-state index contributed by atoms with van der Waals surface area (Å²) in [5.41, 5.74) is 9.14. The summed E-state index contributed by atoms with van der Waals surface area (Å²) in [6.07, 6.45) is 1.84. The number of rotatable bonds is 2. The number of piperazine rings is 1. The Kier molecular flexibility index (Phi) is 3.78. The molecule has 3 rings (SSSR count). The van der Waals surface area contributed by atoms with Crippen molar-refractivity contribution >= 4 is 11.8 Å². The zero-order valence-corrected chi connectivity index (χ0v) is 11.6. The largest absolute Gasteiger partial charge is 0.446 e. The summed E-state index contributed by atoms with van der Waals surface area (Å²) in [7, 11) is 0. The number of amides is 1. The highest BCUT2D eigenvalue weighted by Crippen LogP contribution is 2.31. The molecule has 20 heavy (non-hydrogen) atoms. The van der Waals surface area contributed by atoms with Crippen LogP contribution in [0.4, 0.5) is 10.5 Å². The van der Waals surface area contributed by atoms with E-state index in [1.54, 1.807) is 0 Å². The SMILES string of the molecule is NC(=O)OC1CCc2cccc(N3CCNCC3)c2C1. The predicted octanol–water partition coefficient (Wildman–Crippen LogP) is 1.05. The number of aryl methyl sites for hydroxylation is 1. The molecule has 1 saturated heterocycles. The van der Waals surface area contributed by atoms with Crippen molar-refractivity contribution < 1.29 is 9.53 Å². The standard InChI is InChI=1S/C15H21N3O2/c16-15(19)20-12-5-4-11-2-1-3-14(13(11)10-12)18-8-6-17-7-9-18/h1-3,12,17H,4-10H2,(H2,16,19). The van der Waals surface area contributed by atoms with Crippen LogP contribution in [0.15, 0.2) is 18.2 Å². The molecule has 1 aromatic rings. The average Bonchev–Trinajstić information content (AvgIpc) is 2.47. The van der Waals surface area contributed by atoms with Crippen molar-refractivity contribution in [3.8, 4) is 0 Å². The molecule has 1 aliphatic heterocycles. The van der Waals surface area contributed by atoms with Crippen LogP contribution in [0, 0.1) is 0 Å². The van der Waals surface area contributed by atoms with Gasteiger partial charge in [0.2, 0.25) is 0 Å². The summed E-state index contributed by atoms with van der Waals surface area (Å²) >= 11 is 0. The molecule has 1 aliphatic carbocycles. The minimum Gasteiger partial charge on any atom is -0.446 e. The van der Waals surface area contributed by atoms with Gasteiger partial charge in [-0.3, -0.25) is 0 Å². The van der Waals surface area contributed by atoms with E-state index in [-0.39, 0.29) is 6.10 Å². The molecule has 0 aromatic heterocycles. The number of nitrogens with two attached hydrogens (primary N) is 1. The van der Waals surface area contributed by atoms with Crippen molar-refractivity contribution in [2.45, 2.75) is 25.4 Å². The fourth-order valence-corrected chi connectivity index (χ4v) is 3.20. The number of nitrogens with one attached hydrogen (secondary N) is 1. The number of fused-ring (bicyclic) bond motifs is 1. The molecule has 5 nitrogen and oxygen atoms in total. The number of anilines is 1. The van der Waals surface area contributed by atoms with E-state index < -0.39 is 6.09 Å². The molecule has 1 fully saturated rings. The zero-order chi connectivity index (χ0) is 13.9. The van der Waals surface area contributed by atoms with Crippen LogP contribution in [-0.2, 0) is 17.6 Å². The predicted molar refractivity (Wildman–Crippen MR) is 78.0 cm³/mol. The average molecular weight is 275 g/mol. The van der Waals surface area contributed by atoms with Crippen LogP contribution in [-0.4, -0.2) is 38.4 Å². The van der Waals surface area contributed by atoms with Crippen molar-refractivity contribution in [2.24, 2.45) is 5.73 Å². The first-order valence-corrected chi connectivity index (χ1v) is 7.26. The Morgan fingerprint density at radius 1 is 1.35 bits per heavy atom. The summed E-state index contributed by atoms with van der Waals surface area (Å²) in [4.78, 5) is 13.4. The first-order valence-electron chi connectivity index (χ1n) is 7.26. The molecule has 3 N–H and O–H groups in total. The number of carbonyl (C=O) groups excluding carboxylic acids is 1. The number of hydrogen-bond acceptors (Lipinski definition) is 4. The lowest BCUT2D eigenvalue weighted by Gasteiger charge is -2.34. The van der Waals surface area contributed by atoms with E-state index in [2.05, 4.69) is 28.4 Å². The Morgan fingerprint density at radius 2 is 2.15 bits per heavy atom. The van der Waals surface area contributed by atoms with Gasteiger partial charge in [0.25, 0.3) is 0 Å². The maximum absolute atomic E-state index is 10.9. The van der Waals surface area contributed by atoms with Crippen LogP contribution in [0.5, 0.6) is 0 Å². The Labute approximate surface area is 119 Å². The summed E-state index contributed by atoms with van der Waals surface area (Å²) < 4.78 is 5.20. The highest BCUT2D eigenvalue weighted by Gasteiger charge is 2.25. The first kappa shape index (κ1) is 13.2. The van der Waals surface area contributed by atoms with Gasteiger partial charge in [-0.25, -0.2) is 4.79 Å². The maximum atomic E-state index is 10.9. The van der Waals surface area contributed by atoms with Crippen LogP contribution < -0.4 is 16.0 Å². The Morgan fingerprint density at radius 3 is 2.90 bits per heavy atom. The van der Waals surface area contributed by atoms with Gasteiger partial charge in [-0.2, -0.15) is 0 Å². The van der Waals surface area contributed by atoms with Crippen LogP contribution in [0.2, 0.25) is 0 Å². The van der Waals surface area contributed by atoms with Crippen molar-refractivity contribution in [2.75, 3.05) is 31.1 Å². The van der Waals surface area contributed by atoms with Crippen LogP contribution in [0.1, 0.15) is 17.5 Å². The van der Waals surface area contributed by atoms with Gasteiger partial charge in [0, 0.05) is 38.3 Å². The summed E-state index contributed by atoms with van der Waals surface area (Å²) in [6.45, 7) is 4.09. The molecule has 1 heterocycles. The zero-order valence-electron chi connectivity index (χ0n) is 11.6. The van der Waals surface area contributed by atoms with Crippen molar-refractivity contribution in [1.82, 2.24) is 5.32 Å². The van der Waals surface area contributed by atoms with E-state index in [0.29, 0.717) is 0 Å². The third-order valence-electron chi connectivity index (χ3n) is 4.16. The maximum Gasteiger partial charge on any atom is 0.404 e. The molecule has 1 unspecified atom stereocenters. The molecule has 0 radical (unpaired) electrons. The fourth-order valence-electron chi connectivity index (χ4n) is 3.20. The third-order valence-corrected chi connectivity index (χ3v) is 4.16. The number of carbonyl (C=O) groups is 1. The van der Waals surface area contributed by atoms with Gasteiger partial charge in [-0.05, 0) is 30.0 Å². The molecule has 0 saturated carbocycles. The lowest BCUT2D eigenvalue weighted by molar-refractivity contribution is 0.0980. The number of primary amides is 1. The van der Waals surface area contributed by atoms with Gasteiger partial charge in [-0.1, -0.05) is 12.1 Å². The second kappa shape index (κ2) is 5.71. The van der Waals surface area contributed by atoms with Gasteiger partial charge >= 0.3 is 6.09 Å². The highest BCUT2D eigenvalue weighted by molar-refractivity contribution is 5.65. The normalized spacial score (nSPS) is 22.2. The second-order valence-electron chi connectivity index (χ2n) is 5.45. The van der Waals surface area contributed by atoms with E-state index >= 15 is 0 Å². The van der Waals surface area contributed by atoms with Crippen molar-refractivity contribution in [3.05, 3.63) is 29.3 Å². The molecular weight excluding hydrogens is 254 g/mol. The van der Waals surface area contributed by atoms with Crippen LogP contribution in [0.25, 0.3) is 0 Å². The lowest BCUT2D eigenvalue weighted by Crippen LogP contribution is -2.44. The second-order valence-corrected chi connectivity index (χ2v) is 5.45. The molecule has 0 bridgehead atoms. The molecular formula is C15H21N3O2. The highest BCUT2D eigenvalue weighted by atomic mass is 16.6. The van der Waals surface area contributed by atoms with Gasteiger partial charge in [0.1, 0.15) is 6.10 Å². The lowest BCUT2D eigenvalue weighted by atomic mass is 9.88. The molecule has 1 aromatic carbocycles. The van der Waals surface area contributed by atoms with E-state index in [0.717, 1.165) is 45.4 Å². The molecule has 5 heteroatoms. The van der Waals surface area contributed by atoms with Crippen LogP contribution >= 0.6 is 0 Å². The topological polar surface area (TPSA) is 67.6 Å². The molecule has 1 atom stereocenters.